The summed E-state index contributed by atoms with van der Waals surface area (Å²) in [5.74, 6) is 0.690. The predicted molar refractivity (Wildman–Crippen MR) is 93.1 cm³/mol. The van der Waals surface area contributed by atoms with Gasteiger partial charge >= 0.3 is 0 Å². The zero-order valence-electron chi connectivity index (χ0n) is 12.0. The van der Waals surface area contributed by atoms with Crippen molar-refractivity contribution >= 4 is 40.7 Å². The van der Waals surface area contributed by atoms with Crippen molar-refractivity contribution in [2.75, 3.05) is 26.2 Å². The number of hydrogen-bond acceptors (Lipinski definition) is 3. The van der Waals surface area contributed by atoms with E-state index in [4.69, 9.17) is 0 Å². The van der Waals surface area contributed by atoms with Crippen molar-refractivity contribution in [1.82, 2.24) is 15.2 Å². The summed E-state index contributed by atoms with van der Waals surface area (Å²) in [6.45, 7) is 8.99. The molecule has 6 heteroatoms. The summed E-state index contributed by atoms with van der Waals surface area (Å²) in [6, 6.07) is 4.71. The molecule has 20 heavy (non-hydrogen) atoms. The summed E-state index contributed by atoms with van der Waals surface area (Å²) in [7, 11) is 0. The first kappa shape index (κ1) is 20.1. The van der Waals surface area contributed by atoms with Crippen LogP contribution >= 0.6 is 40.7 Å². The Morgan fingerprint density at radius 2 is 1.90 bits per heavy atom. The minimum atomic E-state index is 0. The minimum Gasteiger partial charge on any atom is -0.314 e. The zero-order chi connectivity index (χ0) is 13.0. The second-order valence-electron chi connectivity index (χ2n) is 5.33. The number of pyridine rings is 1. The first-order chi connectivity index (χ1) is 8.66. The Morgan fingerprint density at radius 3 is 2.40 bits per heavy atom. The van der Waals surface area contributed by atoms with Gasteiger partial charge < -0.3 is 5.32 Å². The van der Waals surface area contributed by atoms with Crippen molar-refractivity contribution in [1.29, 1.82) is 0 Å². The van der Waals surface area contributed by atoms with Crippen LogP contribution in [0, 0.1) is 5.92 Å². The van der Waals surface area contributed by atoms with Crippen LogP contribution in [0.2, 0.25) is 0 Å². The number of nitrogens with zero attached hydrogens (tertiary/aromatic N) is 2. The highest BCUT2D eigenvalue weighted by Gasteiger charge is 2.23. The molecule has 116 valence electrons. The number of nitrogens with one attached hydrogen (secondary N) is 1. The maximum atomic E-state index is 4.60. The third-order valence-corrected chi connectivity index (χ3v) is 3.85. The maximum absolute atomic E-state index is 4.60. The van der Waals surface area contributed by atoms with Crippen LogP contribution in [-0.4, -0.2) is 36.1 Å². The third-order valence-electron chi connectivity index (χ3n) is 3.38. The number of hydrogen-bond donors (Lipinski definition) is 1. The second kappa shape index (κ2) is 9.96. The van der Waals surface area contributed by atoms with Gasteiger partial charge in [-0.25, -0.2) is 0 Å². The van der Waals surface area contributed by atoms with Crippen molar-refractivity contribution in [2.45, 2.75) is 26.3 Å². The van der Waals surface area contributed by atoms with Crippen LogP contribution in [0.4, 0.5) is 0 Å². The van der Waals surface area contributed by atoms with E-state index in [0.29, 0.717) is 12.0 Å². The van der Waals surface area contributed by atoms with Crippen molar-refractivity contribution in [2.24, 2.45) is 5.92 Å². The van der Waals surface area contributed by atoms with Gasteiger partial charge in [-0.3, -0.25) is 9.88 Å². The lowest BCUT2D eigenvalue weighted by Gasteiger charge is -2.35. The van der Waals surface area contributed by atoms with Gasteiger partial charge in [0.2, 0.25) is 0 Å². The van der Waals surface area contributed by atoms with Crippen molar-refractivity contribution in [3.05, 3.63) is 28.5 Å². The van der Waals surface area contributed by atoms with Crippen LogP contribution in [-0.2, 0) is 0 Å². The number of halogens is 3. The van der Waals surface area contributed by atoms with Gasteiger partial charge in [-0.1, -0.05) is 13.8 Å². The summed E-state index contributed by atoms with van der Waals surface area (Å²) in [4.78, 5) is 7.16. The van der Waals surface area contributed by atoms with Gasteiger partial charge in [-0.15, -0.1) is 24.8 Å². The molecule has 1 aromatic rings. The Hall–Kier alpha value is 0.130. The van der Waals surface area contributed by atoms with E-state index in [1.807, 2.05) is 6.20 Å². The molecule has 0 saturated carbocycles. The molecule has 3 nitrogen and oxygen atoms in total. The van der Waals surface area contributed by atoms with Crippen molar-refractivity contribution < 1.29 is 0 Å². The Labute approximate surface area is 142 Å². The van der Waals surface area contributed by atoms with Gasteiger partial charge in [0.1, 0.15) is 0 Å². The topological polar surface area (TPSA) is 28.2 Å². The van der Waals surface area contributed by atoms with Crippen LogP contribution in [0.3, 0.4) is 0 Å². The second-order valence-corrected chi connectivity index (χ2v) is 6.25. The Bertz CT molecular complexity index is 367. The molecule has 0 unspecified atom stereocenters. The average Bonchev–Trinajstić information content (AvgIpc) is 2.38. The van der Waals surface area contributed by atoms with Gasteiger partial charge in [0.25, 0.3) is 0 Å². The summed E-state index contributed by atoms with van der Waals surface area (Å²) in [5, 5.41) is 3.41. The van der Waals surface area contributed by atoms with Crippen LogP contribution in [0.25, 0.3) is 0 Å². The van der Waals surface area contributed by atoms with Crippen LogP contribution < -0.4 is 5.32 Å². The Morgan fingerprint density at radius 1 is 1.25 bits per heavy atom. The van der Waals surface area contributed by atoms with Crippen molar-refractivity contribution in [3.8, 4) is 0 Å². The number of aromatic nitrogens is 1. The molecule has 2 heterocycles. The first-order valence-electron chi connectivity index (χ1n) is 6.73. The lowest BCUT2D eigenvalue weighted by atomic mass is 9.98. The molecular weight excluding hydrogens is 361 g/mol. The summed E-state index contributed by atoms with van der Waals surface area (Å²) in [5.41, 5.74) is 1.20. The number of piperazine rings is 1. The minimum absolute atomic E-state index is 0. The van der Waals surface area contributed by atoms with E-state index in [2.05, 4.69) is 57.1 Å². The van der Waals surface area contributed by atoms with E-state index >= 15 is 0 Å². The van der Waals surface area contributed by atoms with Crippen molar-refractivity contribution in [3.63, 3.8) is 0 Å². The molecule has 0 aromatic carbocycles. The summed E-state index contributed by atoms with van der Waals surface area (Å²) in [6.07, 6.45) is 3.08. The SMILES string of the molecule is CC(C)C[C@H](c1ccc(Br)cn1)N1CCNCC1.Cl.Cl. The zero-order valence-corrected chi connectivity index (χ0v) is 15.2. The molecule has 0 radical (unpaired) electrons. The average molecular weight is 385 g/mol. The van der Waals surface area contributed by atoms with Crippen LogP contribution in [0.1, 0.15) is 32.0 Å². The maximum Gasteiger partial charge on any atom is 0.0576 e. The predicted octanol–water partition coefficient (Wildman–Crippen LogP) is 3.68. The quantitative estimate of drug-likeness (QED) is 0.857. The summed E-state index contributed by atoms with van der Waals surface area (Å²) >= 11 is 3.46. The summed E-state index contributed by atoms with van der Waals surface area (Å²) < 4.78 is 1.05. The van der Waals surface area contributed by atoms with Gasteiger partial charge in [0.05, 0.1) is 11.7 Å². The van der Waals surface area contributed by atoms with Gasteiger partial charge in [-0.05, 0) is 40.4 Å². The van der Waals surface area contributed by atoms with E-state index in [-0.39, 0.29) is 24.8 Å². The fraction of sp³-hybridized carbons (Fsp3) is 0.643. The fourth-order valence-corrected chi connectivity index (χ4v) is 2.72. The molecule has 1 N–H and O–H groups in total. The van der Waals surface area contributed by atoms with Crippen LogP contribution in [0.5, 0.6) is 0 Å². The highest BCUT2D eigenvalue weighted by Crippen LogP contribution is 2.27. The molecule has 1 aliphatic heterocycles. The largest absolute Gasteiger partial charge is 0.314 e. The van der Waals surface area contributed by atoms with E-state index in [9.17, 15) is 0 Å². The van der Waals surface area contributed by atoms with E-state index in [1.54, 1.807) is 0 Å². The lowest BCUT2D eigenvalue weighted by Crippen LogP contribution is -2.45. The molecule has 0 spiro atoms. The van der Waals surface area contributed by atoms with E-state index in [0.717, 1.165) is 30.7 Å². The standard InChI is InChI=1S/C14H22BrN3.2ClH/c1-11(2)9-14(18-7-5-16-6-8-18)13-4-3-12(15)10-17-13;;/h3-4,10-11,14,16H,5-9H2,1-2H3;2*1H/t14-;;/m1../s1. The highest BCUT2D eigenvalue weighted by molar-refractivity contribution is 9.10. The smallest absolute Gasteiger partial charge is 0.0576 e. The molecule has 1 fully saturated rings. The molecule has 1 aromatic heterocycles. The molecule has 0 amide bonds. The van der Waals surface area contributed by atoms with Crippen LogP contribution in [0.15, 0.2) is 22.8 Å². The van der Waals surface area contributed by atoms with Gasteiger partial charge in [0.15, 0.2) is 0 Å². The third kappa shape index (κ3) is 5.86. The van der Waals surface area contributed by atoms with Gasteiger partial charge in [0, 0.05) is 36.8 Å². The highest BCUT2D eigenvalue weighted by atomic mass is 79.9. The molecule has 1 atom stereocenters. The number of rotatable bonds is 4. The molecule has 0 aliphatic carbocycles. The molecule has 0 bridgehead atoms. The van der Waals surface area contributed by atoms with E-state index < -0.39 is 0 Å². The monoisotopic (exact) mass is 383 g/mol. The fourth-order valence-electron chi connectivity index (χ4n) is 2.48. The van der Waals surface area contributed by atoms with E-state index in [1.165, 1.54) is 12.1 Å². The molecule has 1 saturated heterocycles. The first-order valence-corrected chi connectivity index (χ1v) is 7.52. The Balaban J connectivity index is 0.00000180. The molecule has 1 aliphatic rings. The molecular formula is C14H24BrCl2N3. The lowest BCUT2D eigenvalue weighted by molar-refractivity contribution is 0.151. The normalized spacial score (nSPS) is 17.2. The van der Waals surface area contributed by atoms with Gasteiger partial charge in [-0.2, -0.15) is 0 Å². The Kier molecular flexibility index (Phi) is 10.0. The molecule has 2 rings (SSSR count).